The largest absolute Gasteiger partial charge is 0.479 e. The topological polar surface area (TPSA) is 99.4 Å². The standard InChI is InChI=1S/C17H19N5O4/c1-21-10-12(15(20-21)24-2)17(23)22-7-5-11(6-8-22)14-18-19-16(26-14)13-4-3-9-25-13/h3-4,9-11H,5-8H2,1-2H3. The first-order valence-electron chi connectivity index (χ1n) is 8.40. The Morgan fingerprint density at radius 1 is 1.31 bits per heavy atom. The van der Waals surface area contributed by atoms with E-state index in [-0.39, 0.29) is 11.8 Å². The van der Waals surface area contributed by atoms with E-state index >= 15 is 0 Å². The molecule has 4 rings (SSSR count). The highest BCUT2D eigenvalue weighted by molar-refractivity contribution is 5.96. The Balaban J connectivity index is 1.42. The zero-order valence-corrected chi connectivity index (χ0v) is 14.6. The number of carbonyl (C=O) groups is 1. The summed E-state index contributed by atoms with van der Waals surface area (Å²) < 4.78 is 17.8. The lowest BCUT2D eigenvalue weighted by Gasteiger charge is -2.30. The molecule has 9 heteroatoms. The number of likely N-dealkylation sites (tertiary alicyclic amines) is 1. The third kappa shape index (κ3) is 2.96. The Hall–Kier alpha value is -3.10. The minimum Gasteiger partial charge on any atom is -0.479 e. The summed E-state index contributed by atoms with van der Waals surface area (Å²) in [5.41, 5.74) is 0.478. The van der Waals surface area contributed by atoms with Crippen molar-refractivity contribution in [3.8, 4) is 17.5 Å². The number of piperidine rings is 1. The van der Waals surface area contributed by atoms with Gasteiger partial charge in [-0.05, 0) is 25.0 Å². The summed E-state index contributed by atoms with van der Waals surface area (Å²) in [4.78, 5) is 14.5. The van der Waals surface area contributed by atoms with Crippen LogP contribution in [0, 0.1) is 0 Å². The van der Waals surface area contributed by atoms with Crippen LogP contribution in [0.5, 0.6) is 5.88 Å². The Morgan fingerprint density at radius 2 is 2.12 bits per heavy atom. The molecule has 3 aromatic heterocycles. The Bertz CT molecular complexity index is 890. The number of carbonyl (C=O) groups excluding carboxylic acids is 1. The molecule has 0 bridgehead atoms. The number of methoxy groups -OCH3 is 1. The molecule has 0 aliphatic carbocycles. The van der Waals surface area contributed by atoms with Crippen molar-refractivity contribution in [2.75, 3.05) is 20.2 Å². The van der Waals surface area contributed by atoms with E-state index in [1.165, 1.54) is 7.11 Å². The zero-order chi connectivity index (χ0) is 18.1. The fourth-order valence-electron chi connectivity index (χ4n) is 3.16. The van der Waals surface area contributed by atoms with Crippen molar-refractivity contribution in [2.45, 2.75) is 18.8 Å². The lowest BCUT2D eigenvalue weighted by molar-refractivity contribution is 0.0703. The number of ether oxygens (including phenoxy) is 1. The van der Waals surface area contributed by atoms with Gasteiger partial charge in [0.05, 0.1) is 13.4 Å². The maximum absolute atomic E-state index is 12.7. The first-order chi connectivity index (χ1) is 12.7. The molecule has 1 aliphatic heterocycles. The number of hydrogen-bond donors (Lipinski definition) is 0. The maximum Gasteiger partial charge on any atom is 0.283 e. The summed E-state index contributed by atoms with van der Waals surface area (Å²) in [7, 11) is 3.27. The van der Waals surface area contributed by atoms with E-state index in [1.807, 2.05) is 0 Å². The first-order valence-corrected chi connectivity index (χ1v) is 8.40. The second-order valence-electron chi connectivity index (χ2n) is 6.21. The number of hydrogen-bond acceptors (Lipinski definition) is 7. The van der Waals surface area contributed by atoms with Crippen molar-refractivity contribution >= 4 is 5.91 Å². The Kier molecular flexibility index (Phi) is 4.19. The van der Waals surface area contributed by atoms with Gasteiger partial charge in [-0.15, -0.1) is 15.3 Å². The summed E-state index contributed by atoms with van der Waals surface area (Å²) in [6.07, 6.45) is 4.76. The van der Waals surface area contributed by atoms with Crippen LogP contribution >= 0.6 is 0 Å². The van der Waals surface area contributed by atoms with Crippen LogP contribution in [0.3, 0.4) is 0 Å². The molecule has 0 saturated carbocycles. The minimum absolute atomic E-state index is 0.0739. The number of nitrogens with zero attached hydrogens (tertiary/aromatic N) is 5. The molecule has 4 heterocycles. The van der Waals surface area contributed by atoms with Crippen molar-refractivity contribution in [2.24, 2.45) is 7.05 Å². The quantitative estimate of drug-likeness (QED) is 0.705. The third-order valence-electron chi connectivity index (χ3n) is 4.52. The molecule has 136 valence electrons. The maximum atomic E-state index is 12.7. The average Bonchev–Trinajstić information content (AvgIpc) is 3.40. The molecule has 9 nitrogen and oxygen atoms in total. The normalized spacial score (nSPS) is 15.4. The van der Waals surface area contributed by atoms with Crippen molar-refractivity contribution < 1.29 is 18.4 Å². The fourth-order valence-corrected chi connectivity index (χ4v) is 3.16. The molecule has 0 unspecified atom stereocenters. The summed E-state index contributed by atoms with van der Waals surface area (Å²) in [6.45, 7) is 1.22. The van der Waals surface area contributed by atoms with E-state index in [4.69, 9.17) is 13.6 Å². The van der Waals surface area contributed by atoms with Crippen LogP contribution in [0.25, 0.3) is 11.7 Å². The van der Waals surface area contributed by atoms with E-state index in [9.17, 15) is 4.79 Å². The van der Waals surface area contributed by atoms with Crippen LogP contribution in [0.2, 0.25) is 0 Å². The van der Waals surface area contributed by atoms with Crippen LogP contribution in [0.4, 0.5) is 0 Å². The van der Waals surface area contributed by atoms with Gasteiger partial charge < -0.3 is 18.5 Å². The molecule has 0 radical (unpaired) electrons. The summed E-state index contributed by atoms with van der Waals surface area (Å²) in [5, 5.41) is 12.3. The molecule has 0 aromatic carbocycles. The summed E-state index contributed by atoms with van der Waals surface area (Å²) in [6, 6.07) is 3.55. The summed E-state index contributed by atoms with van der Waals surface area (Å²) in [5.74, 6) is 1.92. The van der Waals surface area contributed by atoms with E-state index < -0.39 is 0 Å². The van der Waals surface area contributed by atoms with E-state index in [2.05, 4.69) is 15.3 Å². The molecule has 0 spiro atoms. The van der Waals surface area contributed by atoms with Gasteiger partial charge in [-0.1, -0.05) is 0 Å². The molecule has 1 amide bonds. The van der Waals surface area contributed by atoms with Gasteiger partial charge in [-0.2, -0.15) is 0 Å². The highest BCUT2D eigenvalue weighted by Crippen LogP contribution is 2.30. The van der Waals surface area contributed by atoms with Gasteiger partial charge in [0.15, 0.2) is 5.76 Å². The molecule has 26 heavy (non-hydrogen) atoms. The van der Waals surface area contributed by atoms with E-state index in [1.54, 1.807) is 41.2 Å². The minimum atomic E-state index is -0.0739. The third-order valence-corrected chi connectivity index (χ3v) is 4.52. The number of aromatic nitrogens is 4. The van der Waals surface area contributed by atoms with Crippen molar-refractivity contribution in [3.05, 3.63) is 36.0 Å². The predicted octanol–water partition coefficient (Wildman–Crippen LogP) is 2.09. The second kappa shape index (κ2) is 6.66. The highest BCUT2D eigenvalue weighted by atomic mass is 16.5. The molecular weight excluding hydrogens is 338 g/mol. The molecule has 1 fully saturated rings. The van der Waals surface area contributed by atoms with E-state index in [0.29, 0.717) is 42.1 Å². The van der Waals surface area contributed by atoms with Gasteiger partial charge in [0.1, 0.15) is 5.56 Å². The van der Waals surface area contributed by atoms with E-state index in [0.717, 1.165) is 12.8 Å². The SMILES string of the molecule is COc1nn(C)cc1C(=O)N1CCC(c2nnc(-c3ccco3)o2)CC1. The van der Waals surface area contributed by atoms with Crippen molar-refractivity contribution in [1.29, 1.82) is 0 Å². The van der Waals surface area contributed by atoms with Crippen molar-refractivity contribution in [3.63, 3.8) is 0 Å². The van der Waals surface area contributed by atoms with Gasteiger partial charge in [0.25, 0.3) is 11.8 Å². The molecule has 0 N–H and O–H groups in total. The molecule has 1 saturated heterocycles. The molecule has 3 aromatic rings. The van der Waals surface area contributed by atoms with Gasteiger partial charge >= 0.3 is 0 Å². The first kappa shape index (κ1) is 16.4. The van der Waals surface area contributed by atoms with Crippen LogP contribution < -0.4 is 4.74 Å². The lowest BCUT2D eigenvalue weighted by Crippen LogP contribution is -2.38. The lowest BCUT2D eigenvalue weighted by atomic mass is 9.96. The Labute approximate surface area is 149 Å². The van der Waals surface area contributed by atoms with Gasteiger partial charge in [-0.3, -0.25) is 9.48 Å². The highest BCUT2D eigenvalue weighted by Gasteiger charge is 2.30. The van der Waals surface area contributed by atoms with Gasteiger partial charge in [-0.25, -0.2) is 0 Å². The van der Waals surface area contributed by atoms with Crippen LogP contribution in [-0.2, 0) is 7.05 Å². The molecular formula is C17H19N5O4. The number of amides is 1. The van der Waals surface area contributed by atoms with Crippen LogP contribution in [0.15, 0.2) is 33.4 Å². The smallest absolute Gasteiger partial charge is 0.283 e. The fraction of sp³-hybridized carbons (Fsp3) is 0.412. The second-order valence-corrected chi connectivity index (χ2v) is 6.21. The zero-order valence-electron chi connectivity index (χ0n) is 14.6. The number of furan rings is 1. The van der Waals surface area contributed by atoms with Gasteiger partial charge in [0, 0.05) is 32.3 Å². The average molecular weight is 357 g/mol. The monoisotopic (exact) mass is 357 g/mol. The number of rotatable bonds is 4. The van der Waals surface area contributed by atoms with Crippen LogP contribution in [-0.4, -0.2) is 51.0 Å². The van der Waals surface area contributed by atoms with Gasteiger partial charge in [0.2, 0.25) is 11.8 Å². The predicted molar refractivity (Wildman–Crippen MR) is 89.6 cm³/mol. The number of aryl methyl sites for hydroxylation is 1. The summed E-state index contributed by atoms with van der Waals surface area (Å²) >= 11 is 0. The van der Waals surface area contributed by atoms with Crippen molar-refractivity contribution in [1.82, 2.24) is 24.9 Å². The van der Waals surface area contributed by atoms with Crippen LogP contribution in [0.1, 0.15) is 35.0 Å². The molecule has 1 aliphatic rings. The molecule has 0 atom stereocenters. The Morgan fingerprint density at radius 3 is 2.81 bits per heavy atom.